The molecule has 0 aliphatic rings. The highest BCUT2D eigenvalue weighted by molar-refractivity contribution is 4.85. The van der Waals surface area contributed by atoms with E-state index in [9.17, 15) is 5.11 Å². The first-order valence-electron chi connectivity index (χ1n) is 5.47. The van der Waals surface area contributed by atoms with Gasteiger partial charge in [-0.15, -0.1) is 0 Å². The van der Waals surface area contributed by atoms with Crippen LogP contribution in [0.25, 0.3) is 0 Å². The van der Waals surface area contributed by atoms with Gasteiger partial charge in [-0.05, 0) is 31.1 Å². The molecule has 2 atom stereocenters. The summed E-state index contributed by atoms with van der Waals surface area (Å²) in [6, 6.07) is 0. The van der Waals surface area contributed by atoms with Crippen LogP contribution in [0.3, 0.4) is 0 Å². The van der Waals surface area contributed by atoms with Gasteiger partial charge in [-0.2, -0.15) is 0 Å². The van der Waals surface area contributed by atoms with E-state index >= 15 is 0 Å². The molecule has 0 saturated heterocycles. The maximum absolute atomic E-state index is 9.17. The molecule has 86 valence electrons. The Kier molecular flexibility index (Phi) is 5.10. The average Bonchev–Trinajstić information content (AvgIpc) is 2.15. The van der Waals surface area contributed by atoms with Crippen LogP contribution in [-0.4, -0.2) is 24.4 Å². The molecule has 0 aliphatic carbocycles. The van der Waals surface area contributed by atoms with Gasteiger partial charge in [-0.1, -0.05) is 27.7 Å². The third-order valence-corrected chi connectivity index (χ3v) is 3.68. The summed E-state index contributed by atoms with van der Waals surface area (Å²) in [7, 11) is 1.77. The molecular weight excluding hydrogens is 176 g/mol. The minimum absolute atomic E-state index is 0.0626. The highest BCUT2D eigenvalue weighted by Gasteiger charge is 2.34. The molecule has 0 radical (unpaired) electrons. The summed E-state index contributed by atoms with van der Waals surface area (Å²) < 4.78 is 5.54. The van der Waals surface area contributed by atoms with Crippen LogP contribution in [-0.2, 0) is 4.74 Å². The van der Waals surface area contributed by atoms with Gasteiger partial charge in [-0.25, -0.2) is 0 Å². The summed E-state index contributed by atoms with van der Waals surface area (Å²) in [4.78, 5) is 0. The van der Waals surface area contributed by atoms with Gasteiger partial charge in [-0.3, -0.25) is 0 Å². The fourth-order valence-electron chi connectivity index (χ4n) is 1.73. The van der Waals surface area contributed by atoms with Crippen molar-refractivity contribution in [2.24, 2.45) is 11.3 Å². The molecule has 0 saturated carbocycles. The van der Waals surface area contributed by atoms with E-state index in [1.165, 1.54) is 0 Å². The topological polar surface area (TPSA) is 29.5 Å². The Hall–Kier alpha value is -0.0800. The van der Waals surface area contributed by atoms with Gasteiger partial charge in [0.15, 0.2) is 0 Å². The molecular formula is C12H26O2. The number of rotatable bonds is 6. The summed E-state index contributed by atoms with van der Waals surface area (Å²) in [5.41, 5.74) is 0.0580. The average molecular weight is 202 g/mol. The van der Waals surface area contributed by atoms with Crippen molar-refractivity contribution in [3.63, 3.8) is 0 Å². The minimum Gasteiger partial charge on any atom is -0.396 e. The van der Waals surface area contributed by atoms with Gasteiger partial charge in [0.1, 0.15) is 0 Å². The summed E-state index contributed by atoms with van der Waals surface area (Å²) in [5.74, 6) is 0.309. The van der Waals surface area contributed by atoms with E-state index < -0.39 is 0 Å². The number of hydrogen-bond acceptors (Lipinski definition) is 2. The van der Waals surface area contributed by atoms with Crippen LogP contribution in [0.5, 0.6) is 0 Å². The largest absolute Gasteiger partial charge is 0.396 e. The van der Waals surface area contributed by atoms with E-state index in [-0.39, 0.29) is 17.6 Å². The molecule has 0 amide bonds. The molecule has 0 aromatic rings. The van der Waals surface area contributed by atoms with E-state index in [0.29, 0.717) is 5.92 Å². The lowest BCUT2D eigenvalue weighted by Crippen LogP contribution is -2.37. The van der Waals surface area contributed by atoms with Gasteiger partial charge in [0.2, 0.25) is 0 Å². The lowest BCUT2D eigenvalue weighted by atomic mass is 9.72. The maximum Gasteiger partial charge on any atom is 0.0653 e. The quantitative estimate of drug-likeness (QED) is 0.717. The van der Waals surface area contributed by atoms with Crippen LogP contribution in [0.4, 0.5) is 0 Å². The smallest absolute Gasteiger partial charge is 0.0653 e. The molecule has 0 bridgehead atoms. The first-order valence-corrected chi connectivity index (χ1v) is 5.47. The highest BCUT2D eigenvalue weighted by atomic mass is 16.5. The van der Waals surface area contributed by atoms with Gasteiger partial charge in [0.05, 0.1) is 5.60 Å². The van der Waals surface area contributed by atoms with Gasteiger partial charge in [0, 0.05) is 13.7 Å². The van der Waals surface area contributed by atoms with Crippen molar-refractivity contribution in [1.29, 1.82) is 0 Å². The predicted molar refractivity (Wildman–Crippen MR) is 60.4 cm³/mol. The lowest BCUT2D eigenvalue weighted by molar-refractivity contribution is -0.0466. The third kappa shape index (κ3) is 3.58. The van der Waals surface area contributed by atoms with Crippen molar-refractivity contribution in [3.05, 3.63) is 0 Å². The number of methoxy groups -OCH3 is 1. The van der Waals surface area contributed by atoms with Gasteiger partial charge < -0.3 is 9.84 Å². The molecule has 0 heterocycles. The van der Waals surface area contributed by atoms with E-state index in [2.05, 4.69) is 34.6 Å². The van der Waals surface area contributed by atoms with Gasteiger partial charge >= 0.3 is 0 Å². The Balaban J connectivity index is 4.47. The first kappa shape index (κ1) is 13.9. The molecule has 14 heavy (non-hydrogen) atoms. The van der Waals surface area contributed by atoms with Crippen molar-refractivity contribution >= 4 is 0 Å². The molecule has 0 fully saturated rings. The van der Waals surface area contributed by atoms with Crippen LogP contribution in [0.1, 0.15) is 47.5 Å². The van der Waals surface area contributed by atoms with Crippen molar-refractivity contribution in [3.8, 4) is 0 Å². The predicted octanol–water partition coefficient (Wildman–Crippen LogP) is 2.85. The summed E-state index contributed by atoms with van der Waals surface area (Å²) in [6.45, 7) is 11.0. The summed E-state index contributed by atoms with van der Waals surface area (Å²) in [5, 5.41) is 9.17. The molecule has 0 aromatic heterocycles. The van der Waals surface area contributed by atoms with E-state index in [1.54, 1.807) is 7.11 Å². The van der Waals surface area contributed by atoms with Crippen molar-refractivity contribution in [2.75, 3.05) is 13.7 Å². The van der Waals surface area contributed by atoms with Crippen molar-refractivity contribution in [2.45, 2.75) is 53.1 Å². The standard InChI is InChI=1S/C12H26O2/c1-7-12(5,14-6)9-11(3,4)10(2)8-13/h10,13H,7-9H2,1-6H3. The lowest BCUT2D eigenvalue weighted by Gasteiger charge is -2.39. The van der Waals surface area contributed by atoms with Gasteiger partial charge in [0.25, 0.3) is 0 Å². The Morgan fingerprint density at radius 1 is 1.29 bits per heavy atom. The zero-order valence-corrected chi connectivity index (χ0v) is 10.6. The first-order chi connectivity index (χ1) is 6.31. The Labute approximate surface area is 88.7 Å². The molecule has 0 rings (SSSR count). The van der Waals surface area contributed by atoms with Crippen LogP contribution in [0.15, 0.2) is 0 Å². The second kappa shape index (κ2) is 5.13. The van der Waals surface area contributed by atoms with E-state index in [4.69, 9.17) is 4.74 Å². The Morgan fingerprint density at radius 2 is 1.79 bits per heavy atom. The number of aliphatic hydroxyl groups excluding tert-OH is 1. The maximum atomic E-state index is 9.17. The van der Waals surface area contributed by atoms with Crippen molar-refractivity contribution < 1.29 is 9.84 Å². The van der Waals surface area contributed by atoms with Crippen molar-refractivity contribution in [1.82, 2.24) is 0 Å². The Bertz CT molecular complexity index is 160. The normalized spacial score (nSPS) is 19.1. The minimum atomic E-state index is -0.0626. The zero-order valence-electron chi connectivity index (χ0n) is 10.6. The molecule has 0 spiro atoms. The monoisotopic (exact) mass is 202 g/mol. The fraction of sp³-hybridized carbons (Fsp3) is 1.00. The second-order valence-electron chi connectivity index (χ2n) is 5.26. The summed E-state index contributed by atoms with van der Waals surface area (Å²) in [6.07, 6.45) is 1.99. The third-order valence-electron chi connectivity index (χ3n) is 3.68. The second-order valence-corrected chi connectivity index (χ2v) is 5.26. The molecule has 2 heteroatoms. The van der Waals surface area contributed by atoms with Crippen LogP contribution < -0.4 is 0 Å². The highest BCUT2D eigenvalue weighted by Crippen LogP contribution is 2.37. The molecule has 2 nitrogen and oxygen atoms in total. The Morgan fingerprint density at radius 3 is 2.07 bits per heavy atom. The fourth-order valence-corrected chi connectivity index (χ4v) is 1.73. The molecule has 0 aliphatic heterocycles. The van der Waals surface area contributed by atoms with E-state index in [0.717, 1.165) is 12.8 Å². The van der Waals surface area contributed by atoms with Crippen LogP contribution in [0, 0.1) is 11.3 Å². The number of aliphatic hydroxyl groups is 1. The van der Waals surface area contributed by atoms with Crippen LogP contribution in [0.2, 0.25) is 0 Å². The molecule has 2 unspecified atom stereocenters. The number of hydrogen-bond donors (Lipinski definition) is 1. The van der Waals surface area contributed by atoms with Crippen LogP contribution >= 0.6 is 0 Å². The van der Waals surface area contributed by atoms with E-state index in [1.807, 2.05) is 0 Å². The zero-order chi connectivity index (χ0) is 11.4. The molecule has 1 N–H and O–H groups in total. The number of ether oxygens (including phenoxy) is 1. The summed E-state index contributed by atoms with van der Waals surface area (Å²) >= 11 is 0. The SMILES string of the molecule is CCC(C)(CC(C)(C)C(C)CO)OC. The molecule has 0 aromatic carbocycles.